The second kappa shape index (κ2) is 25.4. The molecular weight excluding hydrogens is 408 g/mol. The molecule has 0 heterocycles. The number of ether oxygens (including phenoxy) is 2. The molecule has 31 heavy (non-hydrogen) atoms. The third kappa shape index (κ3) is 23.5. The fraction of sp³-hybridized carbons (Fsp3) is 0.308. The van der Waals surface area contributed by atoms with Crippen molar-refractivity contribution in [3.63, 3.8) is 0 Å². The number of benzene rings is 3. The first kappa shape index (κ1) is 33.0. The summed E-state index contributed by atoms with van der Waals surface area (Å²) in [5.41, 5.74) is 0. The van der Waals surface area contributed by atoms with Gasteiger partial charge in [-0.1, -0.05) is 100 Å². The number of hydrogen-bond acceptors (Lipinski definition) is 4. The van der Waals surface area contributed by atoms with E-state index in [9.17, 15) is 8.42 Å². The van der Waals surface area contributed by atoms with Crippen LogP contribution in [0.3, 0.4) is 0 Å². The molecule has 0 atom stereocenters. The largest absolute Gasteiger partial charge is 0.497 e. The maximum Gasteiger partial charge on any atom is 0.175 e. The molecule has 0 N–H and O–H groups in total. The van der Waals surface area contributed by atoms with E-state index >= 15 is 0 Å². The quantitative estimate of drug-likeness (QED) is 0.433. The highest BCUT2D eigenvalue weighted by molar-refractivity contribution is 7.90. The van der Waals surface area contributed by atoms with E-state index in [1.165, 1.54) is 6.26 Å². The van der Waals surface area contributed by atoms with E-state index < -0.39 is 9.84 Å². The van der Waals surface area contributed by atoms with Gasteiger partial charge in [0.1, 0.15) is 5.75 Å². The standard InChI is InChI=1S/C7H8O2S.C7H8O.C6H6.C2H6O.2C2H6/c1-10(8,9)7-5-3-2-4-6-7;1-8-7-5-3-2-4-6-7;1-2-4-6-5-3-1;1-3-2;2*1-2/h2-6H,1H3;2-6H,1H3;1-6H;1-2H3;2*1-2H3. The predicted octanol–water partition coefficient (Wildman–Crippen LogP) is 6.79. The average molecular weight is 449 g/mol. The van der Waals surface area contributed by atoms with Crippen molar-refractivity contribution in [2.24, 2.45) is 0 Å². The van der Waals surface area contributed by atoms with Crippen LogP contribution < -0.4 is 4.74 Å². The number of rotatable bonds is 2. The number of hydrogen-bond donors (Lipinski definition) is 0. The highest BCUT2D eigenvalue weighted by atomic mass is 32.2. The van der Waals surface area contributed by atoms with Gasteiger partial charge in [-0.2, -0.15) is 0 Å². The lowest BCUT2D eigenvalue weighted by molar-refractivity contribution is 0.277. The van der Waals surface area contributed by atoms with E-state index in [1.807, 2.05) is 94.4 Å². The molecule has 5 heteroatoms. The summed E-state index contributed by atoms with van der Waals surface area (Å²) in [5, 5.41) is 0. The van der Waals surface area contributed by atoms with Crippen LogP contribution in [0.25, 0.3) is 0 Å². The summed E-state index contributed by atoms with van der Waals surface area (Å²) in [6, 6.07) is 30.0. The zero-order chi connectivity index (χ0) is 24.4. The first-order valence-electron chi connectivity index (χ1n) is 10.2. The Balaban J connectivity index is -0.000000337. The van der Waals surface area contributed by atoms with Crippen molar-refractivity contribution in [3.05, 3.63) is 97.1 Å². The zero-order valence-corrected chi connectivity index (χ0v) is 21.1. The Morgan fingerprint density at radius 1 is 0.548 bits per heavy atom. The van der Waals surface area contributed by atoms with Gasteiger partial charge in [0.05, 0.1) is 12.0 Å². The van der Waals surface area contributed by atoms with Crippen molar-refractivity contribution >= 4 is 9.84 Å². The van der Waals surface area contributed by atoms with Gasteiger partial charge in [0.15, 0.2) is 9.84 Å². The molecule has 0 bridgehead atoms. The van der Waals surface area contributed by atoms with Crippen molar-refractivity contribution in [1.29, 1.82) is 0 Å². The molecule has 0 saturated carbocycles. The molecule has 0 aromatic heterocycles. The highest BCUT2D eigenvalue weighted by Gasteiger charge is 2.02. The Morgan fingerprint density at radius 2 is 0.806 bits per heavy atom. The van der Waals surface area contributed by atoms with Crippen molar-refractivity contribution in [1.82, 2.24) is 0 Å². The Hall–Kier alpha value is -2.63. The molecule has 0 fully saturated rings. The van der Waals surface area contributed by atoms with Gasteiger partial charge in [-0.25, -0.2) is 8.42 Å². The van der Waals surface area contributed by atoms with Gasteiger partial charge >= 0.3 is 0 Å². The first-order valence-corrected chi connectivity index (χ1v) is 12.1. The molecule has 4 nitrogen and oxygen atoms in total. The first-order chi connectivity index (χ1) is 15.0. The van der Waals surface area contributed by atoms with Crippen molar-refractivity contribution < 1.29 is 17.9 Å². The van der Waals surface area contributed by atoms with E-state index in [-0.39, 0.29) is 0 Å². The van der Waals surface area contributed by atoms with Crippen molar-refractivity contribution in [2.45, 2.75) is 32.6 Å². The Morgan fingerprint density at radius 3 is 1.00 bits per heavy atom. The van der Waals surface area contributed by atoms with Gasteiger partial charge in [0, 0.05) is 20.5 Å². The molecule has 3 aromatic carbocycles. The molecule has 174 valence electrons. The summed E-state index contributed by atoms with van der Waals surface area (Å²) in [7, 11) is 1.91. The smallest absolute Gasteiger partial charge is 0.175 e. The molecule has 0 unspecified atom stereocenters. The third-order valence-corrected chi connectivity index (χ3v) is 3.95. The van der Waals surface area contributed by atoms with Crippen molar-refractivity contribution in [2.75, 3.05) is 27.6 Å². The van der Waals surface area contributed by atoms with Crippen LogP contribution in [0.15, 0.2) is 102 Å². The van der Waals surface area contributed by atoms with Gasteiger partial charge in [0.2, 0.25) is 0 Å². The van der Waals surface area contributed by atoms with E-state index in [0.717, 1.165) is 5.75 Å². The van der Waals surface area contributed by atoms with Gasteiger partial charge in [-0.3, -0.25) is 0 Å². The summed E-state index contributed by atoms with van der Waals surface area (Å²) >= 11 is 0. The van der Waals surface area contributed by atoms with E-state index in [1.54, 1.807) is 51.7 Å². The summed E-state index contributed by atoms with van der Waals surface area (Å²) in [6.45, 7) is 8.00. The number of methoxy groups -OCH3 is 2. The molecule has 0 aliphatic heterocycles. The van der Waals surface area contributed by atoms with Crippen LogP contribution in [0.2, 0.25) is 0 Å². The molecule has 3 rings (SSSR count). The second-order valence-electron chi connectivity index (χ2n) is 5.17. The normalized spacial score (nSPS) is 8.39. The molecule has 0 aliphatic carbocycles. The highest BCUT2D eigenvalue weighted by Crippen LogP contribution is 2.06. The summed E-state index contributed by atoms with van der Waals surface area (Å²) in [6.07, 6.45) is 1.20. The minimum Gasteiger partial charge on any atom is -0.497 e. The van der Waals surface area contributed by atoms with E-state index in [4.69, 9.17) is 4.74 Å². The van der Waals surface area contributed by atoms with E-state index in [0.29, 0.717) is 4.90 Å². The minimum absolute atomic E-state index is 0.370. The van der Waals surface area contributed by atoms with Crippen LogP contribution >= 0.6 is 0 Å². The summed E-state index contributed by atoms with van der Waals surface area (Å²) in [5.74, 6) is 0.910. The maximum atomic E-state index is 10.8. The van der Waals surface area contributed by atoms with Gasteiger partial charge in [0.25, 0.3) is 0 Å². The number of para-hydroxylation sites is 1. The second-order valence-corrected chi connectivity index (χ2v) is 7.18. The SMILES string of the molecule is CC.CC.COC.COc1ccccc1.CS(=O)(=O)c1ccccc1.c1ccccc1. The van der Waals surface area contributed by atoms with E-state index in [2.05, 4.69) is 4.74 Å². The average Bonchev–Trinajstić information content (AvgIpc) is 2.85. The summed E-state index contributed by atoms with van der Waals surface area (Å²) in [4.78, 5) is 0.370. The van der Waals surface area contributed by atoms with Gasteiger partial charge < -0.3 is 9.47 Å². The van der Waals surface area contributed by atoms with Crippen LogP contribution in [-0.2, 0) is 14.6 Å². The van der Waals surface area contributed by atoms with Crippen molar-refractivity contribution in [3.8, 4) is 5.75 Å². The third-order valence-electron chi connectivity index (χ3n) is 2.82. The van der Waals surface area contributed by atoms with Crippen LogP contribution in [0.5, 0.6) is 5.75 Å². The monoisotopic (exact) mass is 448 g/mol. The minimum atomic E-state index is -3.00. The van der Waals surface area contributed by atoms with Crippen LogP contribution in [0.4, 0.5) is 0 Å². The molecular formula is C26H40O4S. The fourth-order valence-corrected chi connectivity index (χ4v) is 2.26. The molecule has 0 saturated heterocycles. The van der Waals surface area contributed by atoms with Crippen LogP contribution in [0, 0.1) is 0 Å². The topological polar surface area (TPSA) is 52.6 Å². The Bertz CT molecular complexity index is 749. The predicted molar refractivity (Wildman–Crippen MR) is 135 cm³/mol. The Kier molecular flexibility index (Phi) is 27.1. The Labute approximate surface area is 190 Å². The summed E-state index contributed by atoms with van der Waals surface area (Å²) < 4.78 is 30.8. The van der Waals surface area contributed by atoms with Crippen LogP contribution in [0.1, 0.15) is 27.7 Å². The van der Waals surface area contributed by atoms with Crippen LogP contribution in [-0.4, -0.2) is 36.0 Å². The fourth-order valence-electron chi connectivity index (χ4n) is 1.61. The molecule has 0 radical (unpaired) electrons. The van der Waals surface area contributed by atoms with Gasteiger partial charge in [-0.15, -0.1) is 0 Å². The molecule has 0 spiro atoms. The lowest BCUT2D eigenvalue weighted by Crippen LogP contribution is -1.95. The maximum absolute atomic E-state index is 10.8. The van der Waals surface area contributed by atoms with Gasteiger partial charge in [-0.05, 0) is 24.3 Å². The molecule has 0 aliphatic rings. The lowest BCUT2D eigenvalue weighted by Gasteiger charge is -1.93. The number of sulfone groups is 1. The molecule has 0 amide bonds. The molecule has 3 aromatic rings. The zero-order valence-electron chi connectivity index (χ0n) is 20.3. The lowest BCUT2D eigenvalue weighted by atomic mass is 10.3.